The highest BCUT2D eigenvalue weighted by Crippen LogP contribution is 2.32. The molecule has 11 heteroatoms. The molecule has 0 radical (unpaired) electrons. The second kappa shape index (κ2) is 15.0. The fourth-order valence-electron chi connectivity index (χ4n) is 3.50. The number of carbonyl (C=O) groups is 4. The summed E-state index contributed by atoms with van der Waals surface area (Å²) in [5.74, 6) is -1.92. The van der Waals surface area contributed by atoms with E-state index >= 15 is 0 Å². The topological polar surface area (TPSA) is 161 Å². The molecule has 1 rings (SSSR count). The quantitative estimate of drug-likeness (QED) is 0.138. The van der Waals surface area contributed by atoms with E-state index in [0.29, 0.717) is 18.4 Å². The van der Waals surface area contributed by atoms with Crippen LogP contribution in [0.2, 0.25) is 0 Å². The van der Waals surface area contributed by atoms with Crippen molar-refractivity contribution in [3.05, 3.63) is 23.8 Å². The van der Waals surface area contributed by atoms with Crippen LogP contribution in [0, 0.1) is 5.92 Å². The number of carbonyl (C=O) groups excluding carboxylic acids is 3. The summed E-state index contributed by atoms with van der Waals surface area (Å²) in [6, 6.07) is 4.19. The van der Waals surface area contributed by atoms with Gasteiger partial charge in [-0.1, -0.05) is 40.2 Å². The lowest BCUT2D eigenvalue weighted by Crippen LogP contribution is -2.52. The minimum Gasteiger partial charge on any atom is -0.480 e. The lowest BCUT2D eigenvalue weighted by Gasteiger charge is -2.28. The summed E-state index contributed by atoms with van der Waals surface area (Å²) in [7, 11) is 0. The third kappa shape index (κ3) is 12.4. The Hall–Kier alpha value is -3.34. The van der Waals surface area contributed by atoms with Gasteiger partial charge in [-0.05, 0) is 71.1 Å². The van der Waals surface area contributed by atoms with Crippen molar-refractivity contribution in [1.82, 2.24) is 0 Å². The number of carboxylic acid groups (broad SMARTS) is 1. The van der Waals surface area contributed by atoms with Gasteiger partial charge in [-0.25, -0.2) is 9.59 Å². The lowest BCUT2D eigenvalue weighted by molar-refractivity contribution is -0.154. The van der Waals surface area contributed by atoms with Crippen LogP contribution in [-0.2, 0) is 30.2 Å². The number of aliphatic carboxylic acids is 1. The minimum absolute atomic E-state index is 0.135. The zero-order valence-electron chi connectivity index (χ0n) is 25.8. The second-order valence-electron chi connectivity index (χ2n) is 11.8. The van der Waals surface area contributed by atoms with Crippen molar-refractivity contribution in [2.45, 2.75) is 124 Å². The molecule has 232 valence electrons. The molecule has 3 N–H and O–H groups in total. The molecule has 11 nitrogen and oxygen atoms in total. The van der Waals surface area contributed by atoms with Crippen LogP contribution in [0.1, 0.15) is 100.0 Å². The second-order valence-corrected chi connectivity index (χ2v) is 11.8. The summed E-state index contributed by atoms with van der Waals surface area (Å²) < 4.78 is 26.8. The van der Waals surface area contributed by atoms with Gasteiger partial charge in [-0.2, -0.15) is 0 Å². The van der Waals surface area contributed by atoms with Gasteiger partial charge in [0.05, 0.1) is 0 Å². The fraction of sp³-hybridized carbons (Fsp3) is 0.667. The molecule has 0 aliphatic heterocycles. The molecule has 0 saturated heterocycles. The first kappa shape index (κ1) is 35.7. The van der Waals surface area contributed by atoms with E-state index in [2.05, 4.69) is 0 Å². The predicted molar refractivity (Wildman–Crippen MR) is 152 cm³/mol. The van der Waals surface area contributed by atoms with Gasteiger partial charge < -0.3 is 34.5 Å². The average molecular weight is 582 g/mol. The number of benzene rings is 1. The molecule has 1 aromatic carbocycles. The molecule has 41 heavy (non-hydrogen) atoms. The zero-order chi connectivity index (χ0) is 31.6. The number of esters is 1. The van der Waals surface area contributed by atoms with E-state index in [-0.39, 0.29) is 36.7 Å². The van der Waals surface area contributed by atoms with Crippen molar-refractivity contribution in [3.63, 3.8) is 0 Å². The number of hydrogen-bond acceptors (Lipinski definition) is 10. The first-order valence-corrected chi connectivity index (χ1v) is 14.0. The highest BCUT2D eigenvalue weighted by Gasteiger charge is 2.37. The highest BCUT2D eigenvalue weighted by atomic mass is 16.8. The molecular weight excluding hydrogens is 534 g/mol. The van der Waals surface area contributed by atoms with Gasteiger partial charge in [-0.15, -0.1) is 0 Å². The molecular formula is C30H47NO10. The maximum Gasteiger partial charge on any atom is 0.514 e. The van der Waals surface area contributed by atoms with Crippen LogP contribution in [-0.4, -0.2) is 52.2 Å². The highest BCUT2D eigenvalue weighted by molar-refractivity contribution is 5.79. The van der Waals surface area contributed by atoms with Crippen LogP contribution in [0.15, 0.2) is 18.2 Å². The number of rotatable bonds is 15. The van der Waals surface area contributed by atoms with Crippen LogP contribution < -0.4 is 15.2 Å². The van der Waals surface area contributed by atoms with Crippen LogP contribution >= 0.6 is 0 Å². The summed E-state index contributed by atoms with van der Waals surface area (Å²) >= 11 is 0. The van der Waals surface area contributed by atoms with E-state index in [9.17, 15) is 24.3 Å². The lowest BCUT2D eigenvalue weighted by atomic mass is 9.86. The van der Waals surface area contributed by atoms with Gasteiger partial charge in [0.15, 0.2) is 11.5 Å². The molecule has 0 fully saturated rings. The zero-order valence-corrected chi connectivity index (χ0v) is 25.8. The molecule has 1 aromatic rings. The van der Waals surface area contributed by atoms with Crippen LogP contribution in [0.3, 0.4) is 0 Å². The summed E-state index contributed by atoms with van der Waals surface area (Å²) in [6.07, 6.45) is -1.14. The van der Waals surface area contributed by atoms with Crippen molar-refractivity contribution < 1.29 is 48.0 Å². The Morgan fingerprint density at radius 2 is 1.39 bits per heavy atom. The largest absolute Gasteiger partial charge is 0.514 e. The third-order valence-electron chi connectivity index (χ3n) is 6.96. The SMILES string of the molecule is CCC(C)CC(=O)O[C@@H](C)CC(N)(Cc1ccc(OC(=O)OC(C)(C)CC)c(OC(=O)OC(C)(C)CC)c1)C(=O)O. The Morgan fingerprint density at radius 1 is 0.878 bits per heavy atom. The number of hydrogen-bond donors (Lipinski definition) is 2. The molecule has 0 saturated carbocycles. The van der Waals surface area contributed by atoms with E-state index < -0.39 is 47.1 Å². The van der Waals surface area contributed by atoms with E-state index in [1.54, 1.807) is 34.6 Å². The Bertz CT molecular complexity index is 1070. The predicted octanol–water partition coefficient (Wildman–Crippen LogP) is 6.18. The van der Waals surface area contributed by atoms with E-state index in [0.717, 1.165) is 6.42 Å². The average Bonchev–Trinajstić information content (AvgIpc) is 2.84. The first-order valence-electron chi connectivity index (χ1n) is 14.0. The van der Waals surface area contributed by atoms with Crippen molar-refractivity contribution in [1.29, 1.82) is 0 Å². The number of nitrogens with two attached hydrogens (primary N) is 1. The summed E-state index contributed by atoms with van der Waals surface area (Å²) in [5.41, 5.74) is 3.22. The molecule has 0 bridgehead atoms. The Balaban J connectivity index is 3.26. The van der Waals surface area contributed by atoms with Crippen LogP contribution in [0.5, 0.6) is 11.5 Å². The molecule has 0 aliphatic carbocycles. The Labute approximate surface area is 243 Å². The van der Waals surface area contributed by atoms with Gasteiger partial charge in [0, 0.05) is 19.3 Å². The van der Waals surface area contributed by atoms with Gasteiger partial charge in [-0.3, -0.25) is 9.59 Å². The van der Waals surface area contributed by atoms with E-state index in [4.69, 9.17) is 29.4 Å². The van der Waals surface area contributed by atoms with E-state index in [1.807, 2.05) is 27.7 Å². The number of carboxylic acids is 1. The summed E-state index contributed by atoms with van der Waals surface area (Å²) in [4.78, 5) is 49.5. The van der Waals surface area contributed by atoms with Crippen molar-refractivity contribution in [2.75, 3.05) is 0 Å². The monoisotopic (exact) mass is 581 g/mol. The van der Waals surface area contributed by atoms with E-state index in [1.165, 1.54) is 18.2 Å². The van der Waals surface area contributed by atoms with Gasteiger partial charge in [0.25, 0.3) is 0 Å². The van der Waals surface area contributed by atoms with Crippen LogP contribution in [0.25, 0.3) is 0 Å². The van der Waals surface area contributed by atoms with Crippen molar-refractivity contribution >= 4 is 24.2 Å². The maximum atomic E-state index is 12.6. The molecule has 0 spiro atoms. The Morgan fingerprint density at radius 3 is 1.85 bits per heavy atom. The minimum atomic E-state index is -1.83. The molecule has 0 aliphatic rings. The molecule has 3 atom stereocenters. The summed E-state index contributed by atoms with van der Waals surface area (Å²) in [6.45, 7) is 16.0. The number of ether oxygens (including phenoxy) is 5. The third-order valence-corrected chi connectivity index (χ3v) is 6.96. The van der Waals surface area contributed by atoms with Gasteiger partial charge in [0.2, 0.25) is 0 Å². The fourth-order valence-corrected chi connectivity index (χ4v) is 3.50. The van der Waals surface area contributed by atoms with Gasteiger partial charge >= 0.3 is 24.2 Å². The molecule has 2 unspecified atom stereocenters. The maximum absolute atomic E-state index is 12.6. The van der Waals surface area contributed by atoms with Crippen LogP contribution in [0.4, 0.5) is 9.59 Å². The normalized spacial score (nSPS) is 14.7. The first-order chi connectivity index (χ1) is 18.8. The molecule has 0 aromatic heterocycles. The summed E-state index contributed by atoms with van der Waals surface area (Å²) in [5, 5.41) is 9.98. The Kier molecular flexibility index (Phi) is 13.1. The molecule has 0 amide bonds. The van der Waals surface area contributed by atoms with Crippen molar-refractivity contribution in [3.8, 4) is 11.5 Å². The van der Waals surface area contributed by atoms with Crippen molar-refractivity contribution in [2.24, 2.45) is 11.7 Å². The molecule has 0 heterocycles. The van der Waals surface area contributed by atoms with Gasteiger partial charge in [0.1, 0.15) is 22.8 Å². The standard InChI is InChI=1S/C30H47NO10/c1-10-19(4)15-24(32)37-20(5)17-30(31,25(33)34)18-21-13-14-22(38-26(35)40-28(6,7)11-2)23(16-21)39-27(36)41-29(8,9)12-3/h13-14,16,19-20H,10-12,15,17-18,31H2,1-9H3,(H,33,34)/t19?,20-,30?/m0/s1. The smallest absolute Gasteiger partial charge is 0.480 e.